The van der Waals surface area contributed by atoms with Crippen LogP contribution in [0.15, 0.2) is 11.6 Å². The number of alkyl halides is 3. The predicted molar refractivity (Wildman–Crippen MR) is 42.9 cm³/mol. The fraction of sp³-hybridized carbons (Fsp3) is 0.500. The zero-order valence-electron chi connectivity index (χ0n) is 5.03. The first-order valence-electron chi connectivity index (χ1n) is 2.78. The van der Waals surface area contributed by atoms with Gasteiger partial charge in [0.15, 0.2) is 10.1 Å². The van der Waals surface area contributed by atoms with E-state index < -0.39 is 4.33 Å². The maximum absolute atomic E-state index is 10.9. The van der Waals surface area contributed by atoms with E-state index in [1.165, 1.54) is 6.08 Å². The van der Waals surface area contributed by atoms with E-state index in [-0.39, 0.29) is 5.78 Å². The van der Waals surface area contributed by atoms with Crippen LogP contribution in [0.4, 0.5) is 0 Å². The first kappa shape index (κ1) is 8.38. The smallest absolute Gasteiger partial charge is 0.198 e. The van der Waals surface area contributed by atoms with Crippen molar-refractivity contribution < 1.29 is 4.79 Å². The molecule has 0 saturated heterocycles. The van der Waals surface area contributed by atoms with Gasteiger partial charge in [-0.15, -0.1) is 11.6 Å². The van der Waals surface area contributed by atoms with E-state index in [4.69, 9.17) is 34.8 Å². The van der Waals surface area contributed by atoms with Gasteiger partial charge in [-0.2, -0.15) is 0 Å². The second-order valence-electron chi connectivity index (χ2n) is 2.06. The van der Waals surface area contributed by atoms with Gasteiger partial charge in [-0.1, -0.05) is 23.2 Å². The van der Waals surface area contributed by atoms with Crippen LogP contribution >= 0.6 is 34.8 Å². The van der Waals surface area contributed by atoms with E-state index in [2.05, 4.69) is 0 Å². The quantitative estimate of drug-likeness (QED) is 0.624. The fourth-order valence-electron chi connectivity index (χ4n) is 0.774. The van der Waals surface area contributed by atoms with Crippen molar-refractivity contribution in [2.45, 2.75) is 10.8 Å². The van der Waals surface area contributed by atoms with Crippen molar-refractivity contribution in [3.63, 3.8) is 0 Å². The molecule has 1 rings (SSSR count). The summed E-state index contributed by atoms with van der Waals surface area (Å²) < 4.78 is -1.26. The van der Waals surface area contributed by atoms with Crippen LogP contribution in [0.1, 0.15) is 6.42 Å². The molecule has 4 heteroatoms. The van der Waals surface area contributed by atoms with Gasteiger partial charge in [-0.25, -0.2) is 0 Å². The van der Waals surface area contributed by atoms with Gasteiger partial charge >= 0.3 is 0 Å². The van der Waals surface area contributed by atoms with Gasteiger partial charge in [-0.3, -0.25) is 4.79 Å². The van der Waals surface area contributed by atoms with Gasteiger partial charge in [0.25, 0.3) is 0 Å². The summed E-state index contributed by atoms with van der Waals surface area (Å²) in [6.45, 7) is 0. The molecule has 56 valence electrons. The number of carbonyl (C=O) groups excluding carboxylic acids is 1. The average Bonchev–Trinajstić information content (AvgIpc) is 1.87. The molecule has 0 aromatic rings. The lowest BCUT2D eigenvalue weighted by molar-refractivity contribution is -0.116. The van der Waals surface area contributed by atoms with Gasteiger partial charge in [-0.05, 0) is 18.1 Å². The van der Waals surface area contributed by atoms with Crippen LogP contribution in [0.25, 0.3) is 0 Å². The minimum absolute atomic E-state index is 0.212. The number of carbonyl (C=O) groups is 1. The summed E-state index contributed by atoms with van der Waals surface area (Å²) in [5.74, 6) is 0.220. The first-order valence-corrected chi connectivity index (χ1v) is 4.07. The van der Waals surface area contributed by atoms with Crippen molar-refractivity contribution in [1.82, 2.24) is 0 Å². The second kappa shape index (κ2) is 2.72. The summed E-state index contributed by atoms with van der Waals surface area (Å²) in [6, 6.07) is 0. The molecule has 0 aromatic heterocycles. The molecular formula is C6H5Cl3O. The Morgan fingerprint density at radius 3 is 2.40 bits per heavy atom. The molecule has 0 aliphatic heterocycles. The highest BCUT2D eigenvalue weighted by atomic mass is 35.5. The van der Waals surface area contributed by atoms with Crippen LogP contribution in [0.2, 0.25) is 0 Å². The van der Waals surface area contributed by atoms with Gasteiger partial charge in [0.05, 0.1) is 0 Å². The van der Waals surface area contributed by atoms with Crippen molar-refractivity contribution in [3.8, 4) is 0 Å². The zero-order valence-corrected chi connectivity index (χ0v) is 7.30. The molecule has 0 saturated carbocycles. The van der Waals surface area contributed by atoms with E-state index in [1.807, 2.05) is 0 Å². The number of allylic oxidation sites excluding steroid dienone is 2. The molecular weight excluding hydrogens is 194 g/mol. The van der Waals surface area contributed by atoms with Crippen LogP contribution in [-0.2, 0) is 4.79 Å². The van der Waals surface area contributed by atoms with Gasteiger partial charge in [0.1, 0.15) is 0 Å². The Labute approximate surface area is 73.9 Å². The van der Waals surface area contributed by atoms with Crippen molar-refractivity contribution in [2.24, 2.45) is 0 Å². The highest BCUT2D eigenvalue weighted by molar-refractivity contribution is 6.64. The van der Waals surface area contributed by atoms with Crippen LogP contribution in [0.3, 0.4) is 0 Å². The van der Waals surface area contributed by atoms with Crippen molar-refractivity contribution in [3.05, 3.63) is 11.6 Å². The van der Waals surface area contributed by atoms with Crippen molar-refractivity contribution in [1.29, 1.82) is 0 Å². The molecule has 0 N–H and O–H groups in total. The summed E-state index contributed by atoms with van der Waals surface area (Å²) in [7, 11) is 0. The molecule has 0 spiro atoms. The number of halogens is 3. The molecule has 10 heavy (non-hydrogen) atoms. The molecule has 0 aromatic carbocycles. The molecule has 1 nitrogen and oxygen atoms in total. The highest BCUT2D eigenvalue weighted by Crippen LogP contribution is 2.38. The summed E-state index contributed by atoms with van der Waals surface area (Å²) in [5.41, 5.74) is 0.639. The predicted octanol–water partition coefficient (Wildman–Crippen LogP) is 2.30. The summed E-state index contributed by atoms with van der Waals surface area (Å²) in [6.07, 6.45) is 2.09. The molecule has 1 aliphatic carbocycles. The average molecular weight is 199 g/mol. The molecule has 0 atom stereocenters. The third-order valence-corrected chi connectivity index (χ3v) is 2.06. The SMILES string of the molecule is O=C1C(CCCl)=CC1(Cl)Cl. The number of hydrogen-bond donors (Lipinski definition) is 0. The van der Waals surface area contributed by atoms with Gasteiger partial charge in [0.2, 0.25) is 0 Å². The standard InChI is InChI=1S/C6H5Cl3O/c7-2-1-4-3-6(8,9)5(4)10/h3H,1-2H2. The van der Waals surface area contributed by atoms with E-state index in [1.54, 1.807) is 0 Å². The van der Waals surface area contributed by atoms with E-state index >= 15 is 0 Å². The van der Waals surface area contributed by atoms with Crippen LogP contribution in [0.5, 0.6) is 0 Å². The minimum Gasteiger partial charge on any atom is -0.291 e. The lowest BCUT2D eigenvalue weighted by Gasteiger charge is -2.25. The molecule has 0 fully saturated rings. The molecule has 0 heterocycles. The van der Waals surface area contributed by atoms with E-state index in [0.29, 0.717) is 17.9 Å². The number of Topliss-reactive ketones (excluding diaryl/α,β-unsaturated/α-hetero) is 1. The van der Waals surface area contributed by atoms with Crippen LogP contribution in [0, 0.1) is 0 Å². The molecule has 1 aliphatic rings. The lowest BCUT2D eigenvalue weighted by Crippen LogP contribution is -2.35. The lowest BCUT2D eigenvalue weighted by atomic mass is 9.94. The van der Waals surface area contributed by atoms with Gasteiger partial charge < -0.3 is 0 Å². The summed E-state index contributed by atoms with van der Waals surface area (Å²) >= 11 is 16.4. The number of ketones is 1. The third kappa shape index (κ3) is 1.31. The molecule has 0 bridgehead atoms. The maximum Gasteiger partial charge on any atom is 0.198 e. The zero-order chi connectivity index (χ0) is 7.78. The molecule has 0 amide bonds. The summed E-state index contributed by atoms with van der Waals surface area (Å²) in [4.78, 5) is 10.9. The van der Waals surface area contributed by atoms with Crippen LogP contribution in [-0.4, -0.2) is 16.0 Å². The van der Waals surface area contributed by atoms with Crippen molar-refractivity contribution >= 4 is 40.6 Å². The minimum atomic E-state index is -1.26. The number of rotatable bonds is 2. The Kier molecular flexibility index (Phi) is 2.28. The Bertz CT molecular complexity index is 195. The summed E-state index contributed by atoms with van der Waals surface area (Å²) in [5, 5.41) is 0. The van der Waals surface area contributed by atoms with E-state index in [9.17, 15) is 4.79 Å². The molecule has 0 unspecified atom stereocenters. The normalized spacial score (nSPS) is 21.9. The Morgan fingerprint density at radius 2 is 2.10 bits per heavy atom. The first-order chi connectivity index (χ1) is 4.58. The second-order valence-corrected chi connectivity index (χ2v) is 3.82. The third-order valence-electron chi connectivity index (χ3n) is 1.31. The van der Waals surface area contributed by atoms with E-state index in [0.717, 1.165) is 0 Å². The maximum atomic E-state index is 10.9. The monoisotopic (exact) mass is 198 g/mol. The molecule has 0 radical (unpaired) electrons. The Balaban J connectivity index is 2.63. The van der Waals surface area contributed by atoms with Gasteiger partial charge in [0, 0.05) is 5.88 Å². The Morgan fingerprint density at radius 1 is 1.50 bits per heavy atom. The topological polar surface area (TPSA) is 17.1 Å². The van der Waals surface area contributed by atoms with Crippen molar-refractivity contribution in [2.75, 3.05) is 5.88 Å². The number of hydrogen-bond acceptors (Lipinski definition) is 1. The largest absolute Gasteiger partial charge is 0.291 e. The fourth-order valence-corrected chi connectivity index (χ4v) is 1.48. The Hall–Kier alpha value is 0.280. The van der Waals surface area contributed by atoms with Crippen LogP contribution < -0.4 is 0 Å². The highest BCUT2D eigenvalue weighted by Gasteiger charge is 2.42.